The molecule has 0 bridgehead atoms. The van der Waals surface area contributed by atoms with E-state index < -0.39 is 17.2 Å². The van der Waals surface area contributed by atoms with Gasteiger partial charge in [-0.05, 0) is 18.9 Å². The second kappa shape index (κ2) is 9.43. The van der Waals surface area contributed by atoms with Gasteiger partial charge in [0.05, 0.1) is 30.8 Å². The van der Waals surface area contributed by atoms with Gasteiger partial charge in [0.15, 0.2) is 5.65 Å². The van der Waals surface area contributed by atoms with Crippen LogP contribution >= 0.6 is 0 Å². The molecule has 0 aliphatic carbocycles. The summed E-state index contributed by atoms with van der Waals surface area (Å²) in [6.07, 6.45) is 0. The molecule has 2 N–H and O–H groups in total. The van der Waals surface area contributed by atoms with E-state index in [4.69, 9.17) is 9.47 Å². The topological polar surface area (TPSA) is 115 Å². The monoisotopic (exact) mass is 378 g/mol. The number of hydrogen-bond acceptors (Lipinski definition) is 6. The number of fused-ring (bicyclic) bond motifs is 1. The normalized spacial score (nSPS) is 11.3. The van der Waals surface area contributed by atoms with Crippen molar-refractivity contribution in [2.24, 2.45) is 0 Å². The van der Waals surface area contributed by atoms with E-state index in [1.807, 2.05) is 13.8 Å². The summed E-state index contributed by atoms with van der Waals surface area (Å²) in [5, 5.41) is 2.85. The molecule has 2 heterocycles. The number of amides is 1. The predicted octanol–water partition coefficient (Wildman–Crippen LogP) is 0.621. The first kappa shape index (κ1) is 20.8. The summed E-state index contributed by atoms with van der Waals surface area (Å²) in [5.41, 5.74) is -0.107. The Morgan fingerprint density at radius 3 is 2.67 bits per heavy atom. The van der Waals surface area contributed by atoms with Crippen molar-refractivity contribution >= 4 is 16.9 Å². The lowest BCUT2D eigenvalue weighted by molar-refractivity contribution is 0.0693. The van der Waals surface area contributed by atoms with Gasteiger partial charge < -0.3 is 14.8 Å². The van der Waals surface area contributed by atoms with Gasteiger partial charge in [-0.2, -0.15) is 0 Å². The number of aromatic amines is 1. The second-order valence-corrected chi connectivity index (χ2v) is 6.31. The van der Waals surface area contributed by atoms with Gasteiger partial charge in [0.25, 0.3) is 11.5 Å². The molecule has 0 aliphatic heterocycles. The molecule has 2 rings (SSSR count). The van der Waals surface area contributed by atoms with Crippen molar-refractivity contribution in [3.63, 3.8) is 0 Å². The summed E-state index contributed by atoms with van der Waals surface area (Å²) in [6.45, 7) is 7.49. The average Bonchev–Trinajstić information content (AvgIpc) is 2.63. The van der Waals surface area contributed by atoms with E-state index in [-0.39, 0.29) is 29.1 Å². The standard InChI is InChI=1S/C18H26N4O5/c1-5-22-15-14(17(24)21-18(22)25)12(10-13(20-15)11(2)3)16(23)19-6-7-27-9-8-26-4/h10-11H,5-9H2,1-4H3,(H,19,23)(H,21,24,25). The Balaban J connectivity index is 2.41. The maximum absolute atomic E-state index is 12.7. The molecule has 148 valence electrons. The highest BCUT2D eigenvalue weighted by atomic mass is 16.5. The van der Waals surface area contributed by atoms with E-state index in [1.54, 1.807) is 20.1 Å². The van der Waals surface area contributed by atoms with Crippen molar-refractivity contribution in [2.45, 2.75) is 33.2 Å². The zero-order valence-electron chi connectivity index (χ0n) is 16.1. The number of methoxy groups -OCH3 is 1. The predicted molar refractivity (Wildman–Crippen MR) is 101 cm³/mol. The maximum Gasteiger partial charge on any atom is 0.329 e. The molecule has 0 radical (unpaired) electrons. The molecule has 0 aromatic carbocycles. The third-order valence-corrected chi connectivity index (χ3v) is 4.08. The van der Waals surface area contributed by atoms with E-state index in [0.29, 0.717) is 32.1 Å². The summed E-state index contributed by atoms with van der Waals surface area (Å²) in [4.78, 5) is 43.9. The van der Waals surface area contributed by atoms with Gasteiger partial charge in [0.1, 0.15) is 0 Å². The van der Waals surface area contributed by atoms with Gasteiger partial charge in [-0.3, -0.25) is 19.1 Å². The Hall–Kier alpha value is -2.52. The molecule has 27 heavy (non-hydrogen) atoms. The van der Waals surface area contributed by atoms with Crippen LogP contribution in [0.3, 0.4) is 0 Å². The molecule has 0 atom stereocenters. The van der Waals surface area contributed by atoms with Crippen LogP contribution in [0.1, 0.15) is 42.7 Å². The molecule has 1 amide bonds. The summed E-state index contributed by atoms with van der Waals surface area (Å²) >= 11 is 0. The van der Waals surface area contributed by atoms with Crippen LogP contribution in [0, 0.1) is 0 Å². The fourth-order valence-electron chi connectivity index (χ4n) is 2.64. The Labute approximate surface area is 156 Å². The van der Waals surface area contributed by atoms with Crippen LogP contribution in [-0.4, -0.2) is 53.9 Å². The molecule has 0 aliphatic rings. The van der Waals surface area contributed by atoms with E-state index in [2.05, 4.69) is 15.3 Å². The Bertz CT molecular complexity index is 916. The molecule has 0 fully saturated rings. The van der Waals surface area contributed by atoms with Crippen LogP contribution < -0.4 is 16.6 Å². The van der Waals surface area contributed by atoms with Gasteiger partial charge in [0, 0.05) is 25.9 Å². The first-order valence-corrected chi connectivity index (χ1v) is 8.93. The van der Waals surface area contributed by atoms with Crippen molar-refractivity contribution in [1.29, 1.82) is 0 Å². The Morgan fingerprint density at radius 1 is 1.30 bits per heavy atom. The minimum Gasteiger partial charge on any atom is -0.382 e. The molecular formula is C18H26N4O5. The largest absolute Gasteiger partial charge is 0.382 e. The zero-order valence-corrected chi connectivity index (χ0v) is 16.1. The van der Waals surface area contributed by atoms with Crippen molar-refractivity contribution < 1.29 is 14.3 Å². The third-order valence-electron chi connectivity index (χ3n) is 4.08. The smallest absolute Gasteiger partial charge is 0.329 e. The third kappa shape index (κ3) is 4.81. The van der Waals surface area contributed by atoms with Gasteiger partial charge >= 0.3 is 5.69 Å². The molecule has 2 aromatic heterocycles. The molecule has 9 heteroatoms. The highest BCUT2D eigenvalue weighted by Crippen LogP contribution is 2.19. The summed E-state index contributed by atoms with van der Waals surface area (Å²) in [7, 11) is 1.58. The quantitative estimate of drug-likeness (QED) is 0.618. The van der Waals surface area contributed by atoms with Crippen LogP contribution in [0.15, 0.2) is 15.7 Å². The van der Waals surface area contributed by atoms with Crippen LogP contribution in [0.4, 0.5) is 0 Å². The number of carbonyl (C=O) groups is 1. The summed E-state index contributed by atoms with van der Waals surface area (Å²) in [6, 6.07) is 1.60. The Morgan fingerprint density at radius 2 is 2.04 bits per heavy atom. The van der Waals surface area contributed by atoms with Crippen LogP contribution in [-0.2, 0) is 16.0 Å². The van der Waals surface area contributed by atoms with E-state index in [0.717, 1.165) is 0 Å². The van der Waals surface area contributed by atoms with Crippen molar-refractivity contribution in [2.75, 3.05) is 33.5 Å². The van der Waals surface area contributed by atoms with Gasteiger partial charge in [-0.25, -0.2) is 9.78 Å². The maximum atomic E-state index is 12.7. The summed E-state index contributed by atoms with van der Waals surface area (Å²) in [5.74, 6) is -0.385. The van der Waals surface area contributed by atoms with Gasteiger partial charge in [0.2, 0.25) is 0 Å². The van der Waals surface area contributed by atoms with Crippen molar-refractivity contribution in [3.8, 4) is 0 Å². The van der Waals surface area contributed by atoms with Crippen molar-refractivity contribution in [1.82, 2.24) is 19.9 Å². The number of nitrogens with one attached hydrogen (secondary N) is 2. The number of hydrogen-bond donors (Lipinski definition) is 2. The van der Waals surface area contributed by atoms with Gasteiger partial charge in [-0.1, -0.05) is 13.8 Å². The fraction of sp³-hybridized carbons (Fsp3) is 0.556. The second-order valence-electron chi connectivity index (χ2n) is 6.31. The number of pyridine rings is 1. The lowest BCUT2D eigenvalue weighted by Crippen LogP contribution is -2.34. The minimum absolute atomic E-state index is 0.0259. The lowest BCUT2D eigenvalue weighted by Gasteiger charge is -2.14. The number of rotatable bonds is 9. The molecule has 9 nitrogen and oxygen atoms in total. The highest BCUT2D eigenvalue weighted by Gasteiger charge is 2.19. The average molecular weight is 378 g/mol. The lowest BCUT2D eigenvalue weighted by atomic mass is 10.0. The van der Waals surface area contributed by atoms with Crippen LogP contribution in [0.5, 0.6) is 0 Å². The molecule has 0 saturated carbocycles. The first-order chi connectivity index (χ1) is 12.9. The number of aryl methyl sites for hydroxylation is 1. The Kier molecular flexibility index (Phi) is 7.26. The van der Waals surface area contributed by atoms with Crippen molar-refractivity contribution in [3.05, 3.63) is 38.2 Å². The number of H-pyrrole nitrogens is 1. The van der Waals surface area contributed by atoms with Crippen LogP contribution in [0.25, 0.3) is 11.0 Å². The molecule has 0 spiro atoms. The highest BCUT2D eigenvalue weighted by molar-refractivity contribution is 6.05. The minimum atomic E-state index is -0.621. The number of aromatic nitrogens is 3. The molecule has 2 aromatic rings. The molecule has 0 saturated heterocycles. The summed E-state index contributed by atoms with van der Waals surface area (Å²) < 4.78 is 11.6. The zero-order chi connectivity index (χ0) is 20.0. The molecular weight excluding hydrogens is 352 g/mol. The number of nitrogens with zero attached hydrogens (tertiary/aromatic N) is 2. The SMILES string of the molecule is CCn1c(=O)[nH]c(=O)c2c(C(=O)NCCOCCOC)cc(C(C)C)nc21. The van der Waals surface area contributed by atoms with Crippen LogP contribution in [0.2, 0.25) is 0 Å². The van der Waals surface area contributed by atoms with E-state index in [1.165, 1.54) is 4.57 Å². The number of ether oxygens (including phenoxy) is 2. The number of carbonyl (C=O) groups excluding carboxylic acids is 1. The first-order valence-electron chi connectivity index (χ1n) is 8.93. The van der Waals surface area contributed by atoms with Gasteiger partial charge in [-0.15, -0.1) is 0 Å². The molecule has 0 unspecified atom stereocenters. The van der Waals surface area contributed by atoms with E-state index in [9.17, 15) is 14.4 Å². The van der Waals surface area contributed by atoms with E-state index >= 15 is 0 Å². The fourth-order valence-corrected chi connectivity index (χ4v) is 2.64.